The van der Waals surface area contributed by atoms with Crippen molar-refractivity contribution >= 4 is 11.2 Å². The number of piperidine rings is 1. The van der Waals surface area contributed by atoms with Crippen molar-refractivity contribution < 1.29 is 0 Å². The molecule has 4 rings (SSSR count). The molecule has 2 aliphatic heterocycles. The number of rotatable bonds is 3. The molecule has 2 unspecified atom stereocenters. The fourth-order valence-corrected chi connectivity index (χ4v) is 4.29. The van der Waals surface area contributed by atoms with Gasteiger partial charge in [0.1, 0.15) is 11.3 Å². The largest absolute Gasteiger partial charge is 0.312 e. The summed E-state index contributed by atoms with van der Waals surface area (Å²) in [5, 5.41) is 0. The van der Waals surface area contributed by atoms with Gasteiger partial charge in [0, 0.05) is 31.7 Å². The predicted octanol–water partition coefficient (Wildman–Crippen LogP) is 2.19. The Hall–Kier alpha value is -1.46. The van der Waals surface area contributed by atoms with Gasteiger partial charge in [-0.1, -0.05) is 0 Å². The molecule has 0 radical (unpaired) electrons. The topological polar surface area (TPSA) is 37.2 Å². The van der Waals surface area contributed by atoms with Gasteiger partial charge in [0.25, 0.3) is 0 Å². The minimum Gasteiger partial charge on any atom is -0.312 e. The van der Waals surface area contributed by atoms with Crippen LogP contribution in [0.2, 0.25) is 0 Å². The number of fused-ring (bicyclic) bond motifs is 1. The van der Waals surface area contributed by atoms with Crippen LogP contribution in [0.5, 0.6) is 0 Å². The molecule has 2 fully saturated rings. The molecule has 5 heteroatoms. The molecule has 0 aliphatic carbocycles. The lowest BCUT2D eigenvalue weighted by molar-refractivity contribution is 0.194. The molecule has 2 atom stereocenters. The van der Waals surface area contributed by atoms with E-state index in [-0.39, 0.29) is 0 Å². The number of pyridine rings is 1. The van der Waals surface area contributed by atoms with E-state index in [1.165, 1.54) is 44.7 Å². The highest BCUT2D eigenvalue weighted by molar-refractivity contribution is 5.71. The van der Waals surface area contributed by atoms with Crippen LogP contribution in [0.25, 0.3) is 11.2 Å². The van der Waals surface area contributed by atoms with Gasteiger partial charge in [0.2, 0.25) is 0 Å². The van der Waals surface area contributed by atoms with Crippen LogP contribution < -0.4 is 0 Å². The number of hydrogen-bond acceptors (Lipinski definition) is 4. The second-order valence-electron chi connectivity index (χ2n) is 7.45. The van der Waals surface area contributed by atoms with Gasteiger partial charge < -0.3 is 14.4 Å². The van der Waals surface area contributed by atoms with Crippen LogP contribution in [0.4, 0.5) is 0 Å². The normalized spacial score (nSPS) is 27.0. The van der Waals surface area contributed by atoms with Gasteiger partial charge in [-0.15, -0.1) is 0 Å². The minimum absolute atomic E-state index is 0.551. The van der Waals surface area contributed by atoms with Crippen molar-refractivity contribution in [2.24, 2.45) is 5.92 Å². The maximum Gasteiger partial charge on any atom is 0.160 e. The zero-order valence-corrected chi connectivity index (χ0v) is 14.3. The molecule has 0 N–H and O–H groups in total. The molecule has 0 saturated carbocycles. The van der Waals surface area contributed by atoms with Crippen LogP contribution in [0.15, 0.2) is 18.3 Å². The summed E-state index contributed by atoms with van der Waals surface area (Å²) in [6, 6.07) is 4.10. The molecule has 0 aromatic carbocycles. The van der Waals surface area contributed by atoms with E-state index in [0.29, 0.717) is 11.8 Å². The smallest absolute Gasteiger partial charge is 0.160 e. The summed E-state index contributed by atoms with van der Waals surface area (Å²) >= 11 is 0. The van der Waals surface area contributed by atoms with Crippen LogP contribution in [-0.2, 0) is 6.54 Å². The third kappa shape index (κ3) is 3.00. The number of imidazole rings is 1. The Morgan fingerprint density at radius 3 is 2.78 bits per heavy atom. The van der Waals surface area contributed by atoms with Crippen molar-refractivity contribution in [1.82, 2.24) is 24.3 Å². The van der Waals surface area contributed by atoms with Crippen LogP contribution in [0.3, 0.4) is 0 Å². The number of nitrogens with zero attached hydrogens (tertiary/aromatic N) is 5. The average Bonchev–Trinajstić information content (AvgIpc) is 3.12. The molecule has 0 spiro atoms. The third-order valence-corrected chi connectivity index (χ3v) is 5.45. The number of hydrogen-bond donors (Lipinski definition) is 0. The van der Waals surface area contributed by atoms with Crippen LogP contribution >= 0.6 is 0 Å². The lowest BCUT2D eigenvalue weighted by Gasteiger charge is -2.30. The first-order chi connectivity index (χ1) is 11.2. The van der Waals surface area contributed by atoms with Gasteiger partial charge in [0.05, 0.1) is 0 Å². The summed E-state index contributed by atoms with van der Waals surface area (Å²) in [7, 11) is 4.45. The Morgan fingerprint density at radius 2 is 2.00 bits per heavy atom. The first-order valence-corrected chi connectivity index (χ1v) is 8.89. The summed E-state index contributed by atoms with van der Waals surface area (Å²) < 4.78 is 2.43. The number of likely N-dealkylation sites (tertiary alicyclic amines) is 2. The highest BCUT2D eigenvalue weighted by Gasteiger charge is 2.28. The fraction of sp³-hybridized carbons (Fsp3) is 0.667. The van der Waals surface area contributed by atoms with E-state index in [0.717, 1.165) is 24.3 Å². The Morgan fingerprint density at radius 1 is 1.13 bits per heavy atom. The fourth-order valence-electron chi connectivity index (χ4n) is 4.29. The molecular formula is C18H27N5. The van der Waals surface area contributed by atoms with E-state index >= 15 is 0 Å². The first-order valence-electron chi connectivity index (χ1n) is 8.89. The van der Waals surface area contributed by atoms with Gasteiger partial charge >= 0.3 is 0 Å². The first kappa shape index (κ1) is 15.1. The molecule has 5 nitrogen and oxygen atoms in total. The van der Waals surface area contributed by atoms with Gasteiger partial charge in [-0.05, 0) is 64.5 Å². The molecule has 124 valence electrons. The van der Waals surface area contributed by atoms with E-state index in [4.69, 9.17) is 4.98 Å². The lowest BCUT2D eigenvalue weighted by Crippen LogP contribution is -2.34. The van der Waals surface area contributed by atoms with Crippen LogP contribution in [0, 0.1) is 5.92 Å². The van der Waals surface area contributed by atoms with Crippen molar-refractivity contribution in [1.29, 1.82) is 0 Å². The van der Waals surface area contributed by atoms with Crippen molar-refractivity contribution in [3.05, 3.63) is 24.2 Å². The maximum atomic E-state index is 4.97. The molecule has 0 bridgehead atoms. The van der Waals surface area contributed by atoms with Crippen molar-refractivity contribution in [2.75, 3.05) is 40.3 Å². The summed E-state index contributed by atoms with van der Waals surface area (Å²) in [5.41, 5.74) is 2.13. The van der Waals surface area contributed by atoms with E-state index in [2.05, 4.69) is 39.5 Å². The highest BCUT2D eigenvalue weighted by atomic mass is 15.2. The summed E-state index contributed by atoms with van der Waals surface area (Å²) in [5.74, 6) is 2.53. The lowest BCUT2D eigenvalue weighted by atomic mass is 9.98. The Bertz CT molecular complexity index is 679. The zero-order valence-electron chi connectivity index (χ0n) is 14.3. The van der Waals surface area contributed by atoms with E-state index < -0.39 is 0 Å². The number of aromatic nitrogens is 3. The molecule has 23 heavy (non-hydrogen) atoms. The predicted molar refractivity (Wildman–Crippen MR) is 92.6 cm³/mol. The van der Waals surface area contributed by atoms with Gasteiger partial charge in [0.15, 0.2) is 5.65 Å². The Balaban J connectivity index is 1.68. The number of likely N-dealkylation sites (N-methyl/N-ethyl adjacent to an activating group) is 1. The maximum absolute atomic E-state index is 4.97. The minimum atomic E-state index is 0.551. The van der Waals surface area contributed by atoms with Gasteiger partial charge in [-0.3, -0.25) is 0 Å². The van der Waals surface area contributed by atoms with Gasteiger partial charge in [-0.2, -0.15) is 0 Å². The van der Waals surface area contributed by atoms with Crippen molar-refractivity contribution in [3.63, 3.8) is 0 Å². The van der Waals surface area contributed by atoms with E-state index in [9.17, 15) is 0 Å². The molecule has 2 aliphatic rings. The highest BCUT2D eigenvalue weighted by Crippen LogP contribution is 2.30. The van der Waals surface area contributed by atoms with Crippen LogP contribution in [0.1, 0.15) is 31.0 Å². The van der Waals surface area contributed by atoms with E-state index in [1.54, 1.807) is 0 Å². The van der Waals surface area contributed by atoms with Crippen molar-refractivity contribution in [2.45, 2.75) is 31.7 Å². The quantitative estimate of drug-likeness (QED) is 0.870. The van der Waals surface area contributed by atoms with Crippen molar-refractivity contribution in [3.8, 4) is 0 Å². The summed E-state index contributed by atoms with van der Waals surface area (Å²) in [6.45, 7) is 5.78. The SMILES string of the molecule is CN1CCCC(Cn2c(C3CCN(C)C3)nc3cccnc32)C1. The van der Waals surface area contributed by atoms with E-state index in [1.807, 2.05) is 12.3 Å². The molecule has 2 aromatic heterocycles. The molecule has 4 heterocycles. The standard InChI is InChI=1S/C18H27N5/c1-21-9-4-5-14(11-21)12-23-17(15-7-10-22(2)13-15)20-16-6-3-8-19-18(16)23/h3,6,8,14-15H,4-5,7,9-13H2,1-2H3. The average molecular weight is 313 g/mol. The Kier molecular flexibility index (Phi) is 4.07. The summed E-state index contributed by atoms with van der Waals surface area (Å²) in [4.78, 5) is 14.5. The zero-order chi connectivity index (χ0) is 15.8. The molecular weight excluding hydrogens is 286 g/mol. The second kappa shape index (κ2) is 6.21. The molecule has 2 saturated heterocycles. The second-order valence-corrected chi connectivity index (χ2v) is 7.45. The van der Waals surface area contributed by atoms with Crippen LogP contribution in [-0.4, -0.2) is 64.6 Å². The van der Waals surface area contributed by atoms with Gasteiger partial charge in [-0.25, -0.2) is 9.97 Å². The summed E-state index contributed by atoms with van der Waals surface area (Å²) in [6.07, 6.45) is 5.74. The monoisotopic (exact) mass is 313 g/mol. The molecule has 2 aromatic rings. The third-order valence-electron chi connectivity index (χ3n) is 5.45. The molecule has 0 amide bonds. The Labute approximate surface area is 138 Å².